The summed E-state index contributed by atoms with van der Waals surface area (Å²) in [7, 11) is 4.16. The number of nitrogen functional groups attached to an aromatic ring is 1. The number of halogens is 1. The summed E-state index contributed by atoms with van der Waals surface area (Å²) in [4.78, 5) is 4.41. The van der Waals surface area contributed by atoms with Crippen LogP contribution in [0.5, 0.6) is 5.75 Å². The number of anilines is 2. The predicted molar refractivity (Wildman–Crippen MR) is 80.9 cm³/mol. The largest absolute Gasteiger partial charge is 0.488 e. The van der Waals surface area contributed by atoms with Gasteiger partial charge in [-0.05, 0) is 34.4 Å². The van der Waals surface area contributed by atoms with E-state index in [1.54, 1.807) is 6.07 Å². The van der Waals surface area contributed by atoms with Crippen LogP contribution < -0.4 is 15.4 Å². The van der Waals surface area contributed by atoms with E-state index in [1.807, 2.05) is 13.8 Å². The second-order valence-electron chi connectivity index (χ2n) is 5.86. The van der Waals surface area contributed by atoms with Gasteiger partial charge in [-0.25, -0.2) is 4.39 Å². The first-order valence-electron chi connectivity index (χ1n) is 7.05. The van der Waals surface area contributed by atoms with Crippen molar-refractivity contribution < 1.29 is 9.13 Å². The molecule has 1 saturated heterocycles. The maximum atomic E-state index is 13.9. The number of nitrogens with zero attached hydrogens (tertiary/aromatic N) is 2. The van der Waals surface area contributed by atoms with Crippen molar-refractivity contribution in [2.24, 2.45) is 0 Å². The van der Waals surface area contributed by atoms with Crippen LogP contribution in [-0.2, 0) is 0 Å². The smallest absolute Gasteiger partial charge is 0.167 e. The first-order chi connectivity index (χ1) is 9.38. The first-order valence-corrected chi connectivity index (χ1v) is 7.05. The van der Waals surface area contributed by atoms with E-state index in [-0.39, 0.29) is 11.9 Å². The normalized spacial score (nSPS) is 19.1. The molecule has 1 aliphatic rings. The molecule has 20 heavy (non-hydrogen) atoms. The van der Waals surface area contributed by atoms with Crippen LogP contribution in [0.25, 0.3) is 0 Å². The fourth-order valence-corrected chi connectivity index (χ4v) is 2.56. The molecule has 1 unspecified atom stereocenters. The molecule has 1 heterocycles. The Labute approximate surface area is 120 Å². The second kappa shape index (κ2) is 5.87. The minimum Gasteiger partial charge on any atom is -0.488 e. The van der Waals surface area contributed by atoms with Crippen molar-refractivity contribution in [2.45, 2.75) is 32.4 Å². The van der Waals surface area contributed by atoms with Crippen molar-refractivity contribution >= 4 is 11.4 Å². The monoisotopic (exact) mass is 281 g/mol. The second-order valence-corrected chi connectivity index (χ2v) is 5.86. The molecule has 0 spiro atoms. The van der Waals surface area contributed by atoms with E-state index in [2.05, 4.69) is 23.9 Å². The minimum absolute atomic E-state index is 0.0610. The van der Waals surface area contributed by atoms with Crippen molar-refractivity contribution in [3.63, 3.8) is 0 Å². The van der Waals surface area contributed by atoms with Gasteiger partial charge in [0.05, 0.1) is 17.5 Å². The van der Waals surface area contributed by atoms with E-state index < -0.39 is 5.82 Å². The molecule has 0 aromatic heterocycles. The van der Waals surface area contributed by atoms with Crippen molar-refractivity contribution in [3.8, 4) is 5.75 Å². The maximum Gasteiger partial charge on any atom is 0.167 e. The molecule has 0 amide bonds. The summed E-state index contributed by atoms with van der Waals surface area (Å²) in [6.07, 6.45) is 1.03. The van der Waals surface area contributed by atoms with Gasteiger partial charge in [-0.1, -0.05) is 0 Å². The molecule has 0 radical (unpaired) electrons. The molecule has 0 saturated carbocycles. The summed E-state index contributed by atoms with van der Waals surface area (Å²) < 4.78 is 19.4. The predicted octanol–water partition coefficient (Wildman–Crippen LogP) is 2.34. The van der Waals surface area contributed by atoms with Crippen molar-refractivity contribution in [1.29, 1.82) is 0 Å². The Kier molecular flexibility index (Phi) is 4.38. The van der Waals surface area contributed by atoms with E-state index in [4.69, 9.17) is 10.5 Å². The lowest BCUT2D eigenvalue weighted by molar-refractivity contribution is 0.231. The zero-order valence-corrected chi connectivity index (χ0v) is 12.7. The molecule has 1 aromatic carbocycles. The Morgan fingerprint density at radius 3 is 2.65 bits per heavy atom. The van der Waals surface area contributed by atoms with Crippen LogP contribution >= 0.6 is 0 Å². The van der Waals surface area contributed by atoms with Gasteiger partial charge in [0.1, 0.15) is 0 Å². The van der Waals surface area contributed by atoms with E-state index in [9.17, 15) is 4.39 Å². The molecule has 5 heteroatoms. The van der Waals surface area contributed by atoms with Crippen molar-refractivity contribution in [1.82, 2.24) is 4.90 Å². The average Bonchev–Trinajstić information content (AvgIpc) is 2.81. The highest BCUT2D eigenvalue weighted by atomic mass is 19.1. The van der Waals surface area contributed by atoms with E-state index >= 15 is 0 Å². The fourth-order valence-electron chi connectivity index (χ4n) is 2.56. The van der Waals surface area contributed by atoms with Crippen LogP contribution in [0.4, 0.5) is 15.8 Å². The highest BCUT2D eigenvalue weighted by Gasteiger charge is 2.26. The van der Waals surface area contributed by atoms with Gasteiger partial charge in [0.15, 0.2) is 11.6 Å². The standard InChI is InChI=1S/C15H24FN3O/c1-10(2)20-15-8-14(13(17)7-12(15)16)19-6-5-11(9-19)18(3)4/h7-8,10-11H,5-6,9,17H2,1-4H3. The average molecular weight is 281 g/mol. The van der Waals surface area contributed by atoms with Crippen LogP contribution in [0.2, 0.25) is 0 Å². The Morgan fingerprint density at radius 1 is 1.40 bits per heavy atom. The van der Waals surface area contributed by atoms with Crippen LogP contribution in [0.1, 0.15) is 20.3 Å². The lowest BCUT2D eigenvalue weighted by Crippen LogP contribution is -2.31. The summed E-state index contributed by atoms with van der Waals surface area (Å²) >= 11 is 0. The molecule has 1 atom stereocenters. The molecule has 2 N–H and O–H groups in total. The molecule has 1 fully saturated rings. The molecule has 0 bridgehead atoms. The van der Waals surface area contributed by atoms with Crippen LogP contribution in [-0.4, -0.2) is 44.2 Å². The Morgan fingerprint density at radius 2 is 2.10 bits per heavy atom. The topological polar surface area (TPSA) is 41.7 Å². The molecule has 1 aromatic rings. The number of rotatable bonds is 4. The molecular formula is C15H24FN3O. The lowest BCUT2D eigenvalue weighted by atomic mass is 10.2. The van der Waals surface area contributed by atoms with Gasteiger partial charge in [-0.2, -0.15) is 0 Å². The van der Waals surface area contributed by atoms with Gasteiger partial charge in [0, 0.05) is 31.3 Å². The minimum atomic E-state index is -0.400. The lowest BCUT2D eigenvalue weighted by Gasteiger charge is -2.24. The van der Waals surface area contributed by atoms with Crippen molar-refractivity contribution in [3.05, 3.63) is 17.9 Å². The van der Waals surface area contributed by atoms with Gasteiger partial charge in [-0.15, -0.1) is 0 Å². The number of hydrogen-bond acceptors (Lipinski definition) is 4. The first kappa shape index (κ1) is 14.9. The van der Waals surface area contributed by atoms with E-state index in [0.29, 0.717) is 11.7 Å². The number of hydrogen-bond donors (Lipinski definition) is 1. The summed E-state index contributed by atoms with van der Waals surface area (Å²) in [5.74, 6) is -0.124. The van der Waals surface area contributed by atoms with Crippen LogP contribution in [0.3, 0.4) is 0 Å². The van der Waals surface area contributed by atoms with E-state index in [1.165, 1.54) is 6.07 Å². The summed E-state index contributed by atoms with van der Waals surface area (Å²) in [6.45, 7) is 5.60. The zero-order valence-electron chi connectivity index (χ0n) is 12.7. The summed E-state index contributed by atoms with van der Waals surface area (Å²) in [5, 5.41) is 0. The number of nitrogens with two attached hydrogens (primary N) is 1. The van der Waals surface area contributed by atoms with Gasteiger partial charge in [0.2, 0.25) is 0 Å². The summed E-state index contributed by atoms with van der Waals surface area (Å²) in [6, 6.07) is 3.59. The quantitative estimate of drug-likeness (QED) is 0.860. The molecule has 1 aliphatic heterocycles. The Balaban J connectivity index is 2.23. The molecule has 4 nitrogen and oxygen atoms in total. The third-order valence-corrected chi connectivity index (χ3v) is 3.68. The molecule has 112 valence electrons. The number of likely N-dealkylation sites (N-methyl/N-ethyl adjacent to an activating group) is 1. The highest BCUT2D eigenvalue weighted by molar-refractivity contribution is 5.70. The maximum absolute atomic E-state index is 13.9. The molecule has 0 aliphatic carbocycles. The van der Waals surface area contributed by atoms with Crippen molar-refractivity contribution in [2.75, 3.05) is 37.8 Å². The van der Waals surface area contributed by atoms with Gasteiger partial charge in [-0.3, -0.25) is 0 Å². The molecular weight excluding hydrogens is 257 g/mol. The third-order valence-electron chi connectivity index (χ3n) is 3.68. The Hall–Kier alpha value is -1.49. The SMILES string of the molecule is CC(C)Oc1cc(N2CCC(N(C)C)C2)c(N)cc1F. The van der Waals surface area contributed by atoms with Crippen LogP contribution in [0.15, 0.2) is 12.1 Å². The third kappa shape index (κ3) is 3.15. The summed E-state index contributed by atoms with van der Waals surface area (Å²) in [5.41, 5.74) is 7.31. The van der Waals surface area contributed by atoms with Gasteiger partial charge < -0.3 is 20.3 Å². The highest BCUT2D eigenvalue weighted by Crippen LogP contribution is 2.34. The van der Waals surface area contributed by atoms with Gasteiger partial charge >= 0.3 is 0 Å². The Bertz CT molecular complexity index is 476. The number of ether oxygens (including phenoxy) is 1. The fraction of sp³-hybridized carbons (Fsp3) is 0.600. The van der Waals surface area contributed by atoms with E-state index in [0.717, 1.165) is 25.2 Å². The molecule has 2 rings (SSSR count). The van der Waals surface area contributed by atoms with Gasteiger partial charge in [0.25, 0.3) is 0 Å². The number of benzene rings is 1. The van der Waals surface area contributed by atoms with Crippen LogP contribution in [0, 0.1) is 5.82 Å². The zero-order chi connectivity index (χ0) is 14.9.